The van der Waals surface area contributed by atoms with Crippen molar-refractivity contribution in [2.24, 2.45) is 0 Å². The maximum atomic E-state index is 12.1. The molecule has 0 radical (unpaired) electrons. The lowest BCUT2D eigenvalue weighted by Gasteiger charge is -2.28. The van der Waals surface area contributed by atoms with Gasteiger partial charge in [-0.3, -0.25) is 9.59 Å². The first-order chi connectivity index (χ1) is 14.2. The van der Waals surface area contributed by atoms with E-state index < -0.39 is 11.8 Å². The summed E-state index contributed by atoms with van der Waals surface area (Å²) in [6.45, 7) is 2.80. The number of fused-ring (bicyclic) bond motifs is 1. The molecule has 2 heterocycles. The highest BCUT2D eigenvalue weighted by atomic mass is 16.7. The average Bonchev–Trinajstić information content (AvgIpc) is 3.22. The minimum atomic E-state index is -0.704. The van der Waals surface area contributed by atoms with Crippen molar-refractivity contribution in [3.05, 3.63) is 48.0 Å². The van der Waals surface area contributed by atoms with Crippen molar-refractivity contribution in [3.63, 3.8) is 0 Å². The lowest BCUT2D eigenvalue weighted by molar-refractivity contribution is -0.136. The summed E-state index contributed by atoms with van der Waals surface area (Å²) in [5.74, 6) is -0.188. The average molecular weight is 395 g/mol. The van der Waals surface area contributed by atoms with E-state index in [0.29, 0.717) is 30.2 Å². The van der Waals surface area contributed by atoms with E-state index >= 15 is 0 Å². The molecular formula is C22H25N3O4. The summed E-state index contributed by atoms with van der Waals surface area (Å²) in [4.78, 5) is 26.5. The lowest BCUT2D eigenvalue weighted by Crippen LogP contribution is -2.36. The van der Waals surface area contributed by atoms with E-state index in [-0.39, 0.29) is 6.79 Å². The first kappa shape index (κ1) is 19.1. The predicted molar refractivity (Wildman–Crippen MR) is 110 cm³/mol. The van der Waals surface area contributed by atoms with Crippen molar-refractivity contribution in [2.75, 3.05) is 36.6 Å². The van der Waals surface area contributed by atoms with Crippen molar-refractivity contribution in [2.45, 2.75) is 25.7 Å². The minimum absolute atomic E-state index is 0.159. The van der Waals surface area contributed by atoms with Crippen molar-refractivity contribution >= 4 is 23.2 Å². The highest BCUT2D eigenvalue weighted by Crippen LogP contribution is 2.34. The van der Waals surface area contributed by atoms with Crippen molar-refractivity contribution in [3.8, 4) is 11.5 Å². The molecule has 0 atom stereocenters. The van der Waals surface area contributed by atoms with E-state index in [9.17, 15) is 9.59 Å². The van der Waals surface area contributed by atoms with Crippen LogP contribution in [0.4, 0.5) is 11.4 Å². The summed E-state index contributed by atoms with van der Waals surface area (Å²) in [6, 6.07) is 13.4. The van der Waals surface area contributed by atoms with Gasteiger partial charge in [-0.05, 0) is 55.5 Å². The van der Waals surface area contributed by atoms with Gasteiger partial charge in [-0.25, -0.2) is 0 Å². The van der Waals surface area contributed by atoms with Crippen LogP contribution in [0.2, 0.25) is 0 Å². The van der Waals surface area contributed by atoms with Gasteiger partial charge < -0.3 is 25.0 Å². The van der Waals surface area contributed by atoms with Gasteiger partial charge >= 0.3 is 11.8 Å². The molecule has 2 aromatic rings. The van der Waals surface area contributed by atoms with Crippen LogP contribution in [0.1, 0.15) is 24.8 Å². The Labute approximate surface area is 170 Å². The molecule has 2 amide bonds. The smallest absolute Gasteiger partial charge is 0.313 e. The third kappa shape index (κ3) is 4.80. The molecule has 2 aliphatic rings. The Kier molecular flexibility index (Phi) is 5.84. The van der Waals surface area contributed by atoms with Crippen LogP contribution in [0.15, 0.2) is 42.5 Å². The van der Waals surface area contributed by atoms with Gasteiger partial charge in [0.15, 0.2) is 11.5 Å². The Balaban J connectivity index is 1.22. The summed E-state index contributed by atoms with van der Waals surface area (Å²) in [7, 11) is 0. The van der Waals surface area contributed by atoms with E-state index in [0.717, 1.165) is 18.7 Å². The molecule has 0 unspecified atom stereocenters. The quantitative estimate of drug-likeness (QED) is 0.761. The number of hydrogen-bond donors (Lipinski definition) is 2. The van der Waals surface area contributed by atoms with Gasteiger partial charge in [0, 0.05) is 37.1 Å². The topological polar surface area (TPSA) is 79.9 Å². The highest BCUT2D eigenvalue weighted by Gasteiger charge is 2.17. The van der Waals surface area contributed by atoms with Crippen LogP contribution in [0.5, 0.6) is 11.5 Å². The molecule has 2 aliphatic heterocycles. The molecule has 152 valence electrons. The Morgan fingerprint density at radius 2 is 1.66 bits per heavy atom. The Bertz CT molecular complexity index is 876. The molecule has 7 heteroatoms. The molecular weight excluding hydrogens is 370 g/mol. The van der Waals surface area contributed by atoms with E-state index in [1.165, 1.54) is 24.9 Å². The van der Waals surface area contributed by atoms with E-state index in [4.69, 9.17) is 9.47 Å². The second-order valence-electron chi connectivity index (χ2n) is 7.24. The summed E-state index contributed by atoms with van der Waals surface area (Å²) in [5.41, 5.74) is 2.87. The van der Waals surface area contributed by atoms with Crippen LogP contribution in [0, 0.1) is 0 Å². The first-order valence-electron chi connectivity index (χ1n) is 10.0. The number of carbonyl (C=O) groups excluding carboxylic acids is 2. The van der Waals surface area contributed by atoms with Gasteiger partial charge in [-0.15, -0.1) is 0 Å². The molecule has 2 N–H and O–H groups in total. The second kappa shape index (κ2) is 8.86. The molecule has 0 saturated carbocycles. The third-order valence-electron chi connectivity index (χ3n) is 5.19. The van der Waals surface area contributed by atoms with E-state index in [1.54, 1.807) is 18.2 Å². The van der Waals surface area contributed by atoms with Gasteiger partial charge in [-0.1, -0.05) is 12.1 Å². The Hall–Kier alpha value is -3.22. The molecule has 2 aromatic carbocycles. The normalized spacial score (nSPS) is 15.1. The molecule has 4 rings (SSSR count). The zero-order valence-corrected chi connectivity index (χ0v) is 16.3. The molecule has 1 fully saturated rings. The Morgan fingerprint density at radius 3 is 2.45 bits per heavy atom. The van der Waals surface area contributed by atoms with Gasteiger partial charge in [0.25, 0.3) is 0 Å². The summed E-state index contributed by atoms with van der Waals surface area (Å²) >= 11 is 0. The Morgan fingerprint density at radius 1 is 0.897 bits per heavy atom. The summed E-state index contributed by atoms with van der Waals surface area (Å²) in [5, 5.41) is 5.24. The van der Waals surface area contributed by atoms with E-state index in [2.05, 4.69) is 39.8 Å². The largest absolute Gasteiger partial charge is 0.454 e. The maximum Gasteiger partial charge on any atom is 0.313 e. The molecule has 1 saturated heterocycles. The van der Waals surface area contributed by atoms with Crippen LogP contribution in [0.3, 0.4) is 0 Å². The highest BCUT2D eigenvalue weighted by molar-refractivity contribution is 6.39. The number of piperidine rings is 1. The van der Waals surface area contributed by atoms with E-state index in [1.807, 2.05) is 0 Å². The van der Waals surface area contributed by atoms with Gasteiger partial charge in [0.1, 0.15) is 0 Å². The number of benzene rings is 2. The van der Waals surface area contributed by atoms with Crippen molar-refractivity contribution < 1.29 is 19.1 Å². The number of rotatable bonds is 5. The van der Waals surface area contributed by atoms with Crippen LogP contribution in [-0.4, -0.2) is 38.2 Å². The summed E-state index contributed by atoms with van der Waals surface area (Å²) in [6.07, 6.45) is 4.49. The van der Waals surface area contributed by atoms with Gasteiger partial charge in [0.05, 0.1) is 0 Å². The standard InChI is InChI=1S/C22H25N3O4/c26-21(22(27)24-17-6-9-19-20(14-17)29-15-28-19)23-11-10-16-4-7-18(8-5-16)25-12-2-1-3-13-25/h4-9,14H,1-3,10-13,15H2,(H,23,26)(H,24,27). The minimum Gasteiger partial charge on any atom is -0.454 e. The van der Waals surface area contributed by atoms with Crippen LogP contribution in [-0.2, 0) is 16.0 Å². The number of nitrogens with zero attached hydrogens (tertiary/aromatic N) is 1. The number of hydrogen-bond acceptors (Lipinski definition) is 5. The SMILES string of the molecule is O=C(NCCc1ccc(N2CCCCC2)cc1)C(=O)Nc1ccc2c(c1)OCO2. The maximum absolute atomic E-state index is 12.1. The molecule has 0 aliphatic carbocycles. The fourth-order valence-electron chi connectivity index (χ4n) is 3.59. The monoisotopic (exact) mass is 395 g/mol. The molecule has 0 spiro atoms. The molecule has 29 heavy (non-hydrogen) atoms. The molecule has 0 aromatic heterocycles. The van der Waals surface area contributed by atoms with Crippen LogP contribution in [0.25, 0.3) is 0 Å². The second-order valence-corrected chi connectivity index (χ2v) is 7.24. The zero-order chi connectivity index (χ0) is 20.1. The van der Waals surface area contributed by atoms with Crippen LogP contribution < -0.4 is 25.0 Å². The summed E-state index contributed by atoms with van der Waals surface area (Å²) < 4.78 is 10.5. The zero-order valence-electron chi connectivity index (χ0n) is 16.3. The first-order valence-corrected chi connectivity index (χ1v) is 10.0. The number of carbonyl (C=O) groups is 2. The van der Waals surface area contributed by atoms with Crippen molar-refractivity contribution in [1.82, 2.24) is 5.32 Å². The fraction of sp³-hybridized carbons (Fsp3) is 0.364. The lowest BCUT2D eigenvalue weighted by atomic mass is 10.1. The molecule has 7 nitrogen and oxygen atoms in total. The molecule has 0 bridgehead atoms. The fourth-order valence-corrected chi connectivity index (χ4v) is 3.59. The van der Waals surface area contributed by atoms with Gasteiger partial charge in [0.2, 0.25) is 6.79 Å². The van der Waals surface area contributed by atoms with Gasteiger partial charge in [-0.2, -0.15) is 0 Å². The number of nitrogens with one attached hydrogen (secondary N) is 2. The number of amides is 2. The third-order valence-corrected chi connectivity index (χ3v) is 5.19. The number of ether oxygens (including phenoxy) is 2. The predicted octanol–water partition coefficient (Wildman–Crippen LogP) is 2.70. The van der Waals surface area contributed by atoms with Crippen molar-refractivity contribution in [1.29, 1.82) is 0 Å². The number of anilines is 2. The van der Waals surface area contributed by atoms with Crippen LogP contribution >= 0.6 is 0 Å².